The zero-order valence-corrected chi connectivity index (χ0v) is 8.84. The summed E-state index contributed by atoms with van der Waals surface area (Å²) in [7, 11) is 1.40. The average molecular weight is 194 g/mol. The fraction of sp³-hybridized carbons (Fsp3) is 0.400. The Labute approximate surface area is 82.6 Å². The third-order valence-electron chi connectivity index (χ3n) is 1.44. The first kappa shape index (κ1) is 12.2. The minimum Gasteiger partial charge on any atom is -0.313 e. The summed E-state index contributed by atoms with van der Waals surface area (Å²) in [5, 5.41) is 0. The molecule has 0 fully saturated rings. The summed E-state index contributed by atoms with van der Waals surface area (Å²) in [4.78, 5) is 24.5. The molecule has 0 aromatic carbocycles. The third-order valence-corrected chi connectivity index (χ3v) is 1.44. The van der Waals surface area contributed by atoms with E-state index in [1.165, 1.54) is 13.2 Å². The smallest absolute Gasteiger partial charge is 0.313 e. The highest BCUT2D eigenvalue weighted by molar-refractivity contribution is 5.28. The van der Waals surface area contributed by atoms with Gasteiger partial charge in [-0.3, -0.25) is 9.36 Å². The van der Waals surface area contributed by atoms with Crippen molar-refractivity contribution < 1.29 is 0 Å². The molecular weight excluding hydrogens is 180 g/mol. The molecule has 0 unspecified atom stereocenters. The van der Waals surface area contributed by atoms with Gasteiger partial charge in [0, 0.05) is 13.2 Å². The van der Waals surface area contributed by atoms with Crippen LogP contribution in [0.4, 0.5) is 0 Å². The maximum absolute atomic E-state index is 11.2. The van der Waals surface area contributed by atoms with Gasteiger partial charge in [0.1, 0.15) is 5.56 Å². The predicted molar refractivity (Wildman–Crippen MR) is 56.2 cm³/mol. The van der Waals surface area contributed by atoms with Crippen LogP contribution in [0, 0.1) is 11.8 Å². The molecule has 4 heteroatoms. The van der Waals surface area contributed by atoms with Gasteiger partial charge >= 0.3 is 5.69 Å². The van der Waals surface area contributed by atoms with Gasteiger partial charge in [-0.1, -0.05) is 19.8 Å². The number of hydrogen-bond donors (Lipinski definition) is 1. The molecule has 0 spiro atoms. The maximum atomic E-state index is 11.2. The number of aromatic nitrogens is 2. The van der Waals surface area contributed by atoms with E-state index < -0.39 is 5.69 Å². The maximum Gasteiger partial charge on any atom is 0.328 e. The Morgan fingerprint density at radius 1 is 1.36 bits per heavy atom. The molecule has 0 aliphatic rings. The van der Waals surface area contributed by atoms with Gasteiger partial charge < -0.3 is 4.98 Å². The third kappa shape index (κ3) is 2.63. The Bertz CT molecular complexity index is 457. The standard InChI is InChI=1S/C8H8N2O2.C2H6/c1-3-4-6-5-9-8(12)10(2)7(6)11;1-2/h5H,1-2H3,(H,9,12);1-2H3. The number of aromatic amines is 1. The Hall–Kier alpha value is -1.76. The van der Waals surface area contributed by atoms with Crippen LogP contribution in [0.5, 0.6) is 0 Å². The lowest BCUT2D eigenvalue weighted by Crippen LogP contribution is -2.33. The summed E-state index contributed by atoms with van der Waals surface area (Å²) < 4.78 is 0.986. The van der Waals surface area contributed by atoms with Gasteiger partial charge in [0.15, 0.2) is 0 Å². The zero-order valence-electron chi connectivity index (χ0n) is 8.84. The lowest BCUT2D eigenvalue weighted by molar-refractivity contribution is 0.772. The second-order valence-electron chi connectivity index (χ2n) is 2.25. The van der Waals surface area contributed by atoms with Crippen molar-refractivity contribution in [2.24, 2.45) is 7.05 Å². The van der Waals surface area contributed by atoms with Gasteiger partial charge in [-0.2, -0.15) is 0 Å². The summed E-state index contributed by atoms with van der Waals surface area (Å²) in [6.45, 7) is 5.63. The van der Waals surface area contributed by atoms with Gasteiger partial charge in [0.25, 0.3) is 5.56 Å². The average Bonchev–Trinajstić information content (AvgIpc) is 2.22. The minimum absolute atomic E-state index is 0.305. The van der Waals surface area contributed by atoms with Gasteiger partial charge in [-0.05, 0) is 6.92 Å². The topological polar surface area (TPSA) is 54.9 Å². The van der Waals surface area contributed by atoms with Crippen molar-refractivity contribution in [3.63, 3.8) is 0 Å². The van der Waals surface area contributed by atoms with E-state index in [9.17, 15) is 9.59 Å². The Morgan fingerprint density at radius 3 is 2.43 bits per heavy atom. The van der Waals surface area contributed by atoms with Crippen LogP contribution >= 0.6 is 0 Å². The molecule has 1 rings (SSSR count). The van der Waals surface area contributed by atoms with Crippen LogP contribution in [0.15, 0.2) is 15.8 Å². The highest BCUT2D eigenvalue weighted by atomic mass is 16.2. The molecule has 4 nitrogen and oxygen atoms in total. The van der Waals surface area contributed by atoms with Crippen molar-refractivity contribution in [3.8, 4) is 11.8 Å². The molecule has 0 atom stereocenters. The molecule has 76 valence electrons. The highest BCUT2D eigenvalue weighted by Crippen LogP contribution is 1.79. The highest BCUT2D eigenvalue weighted by Gasteiger charge is 1.99. The molecule has 1 heterocycles. The SMILES string of the molecule is CC.CC#Cc1c[nH]c(=O)n(C)c1=O. The number of nitrogens with one attached hydrogen (secondary N) is 1. The molecule has 1 aromatic heterocycles. The van der Waals surface area contributed by atoms with E-state index in [0.29, 0.717) is 5.56 Å². The van der Waals surface area contributed by atoms with Gasteiger partial charge in [-0.15, -0.1) is 5.92 Å². The normalized spacial score (nSPS) is 8.00. The Balaban J connectivity index is 0.000000791. The quantitative estimate of drug-likeness (QED) is 0.610. The van der Waals surface area contributed by atoms with Crippen molar-refractivity contribution >= 4 is 0 Å². The first-order valence-corrected chi connectivity index (χ1v) is 4.38. The molecule has 0 bridgehead atoms. The number of hydrogen-bond acceptors (Lipinski definition) is 2. The minimum atomic E-state index is -0.429. The van der Waals surface area contributed by atoms with Crippen molar-refractivity contribution in [3.05, 3.63) is 32.6 Å². The molecule has 0 radical (unpaired) electrons. The van der Waals surface area contributed by atoms with Crippen LogP contribution in [0.3, 0.4) is 0 Å². The van der Waals surface area contributed by atoms with E-state index in [4.69, 9.17) is 0 Å². The summed E-state index contributed by atoms with van der Waals surface area (Å²) in [6, 6.07) is 0. The molecule has 0 aliphatic heterocycles. The van der Waals surface area contributed by atoms with Gasteiger partial charge in [-0.25, -0.2) is 4.79 Å². The van der Waals surface area contributed by atoms with E-state index in [0.717, 1.165) is 4.57 Å². The zero-order chi connectivity index (χ0) is 11.1. The summed E-state index contributed by atoms with van der Waals surface area (Å²) in [5.41, 5.74) is -0.491. The van der Waals surface area contributed by atoms with E-state index in [2.05, 4.69) is 16.8 Å². The van der Waals surface area contributed by atoms with Crippen molar-refractivity contribution in [1.82, 2.24) is 9.55 Å². The lowest BCUT2D eigenvalue weighted by atomic mass is 10.3. The largest absolute Gasteiger partial charge is 0.328 e. The van der Waals surface area contributed by atoms with Crippen LogP contribution in [0.2, 0.25) is 0 Å². The second-order valence-corrected chi connectivity index (χ2v) is 2.25. The van der Waals surface area contributed by atoms with Gasteiger partial charge in [0.2, 0.25) is 0 Å². The fourth-order valence-corrected chi connectivity index (χ4v) is 0.790. The second kappa shape index (κ2) is 5.81. The number of H-pyrrole nitrogens is 1. The van der Waals surface area contributed by atoms with E-state index in [1.807, 2.05) is 13.8 Å². The predicted octanol–water partition coefficient (Wildman–Crippen LogP) is 0.471. The molecular formula is C10H14N2O2. The van der Waals surface area contributed by atoms with Crippen LogP contribution in [0.25, 0.3) is 0 Å². The molecule has 14 heavy (non-hydrogen) atoms. The molecule has 0 amide bonds. The van der Waals surface area contributed by atoms with Crippen molar-refractivity contribution in [2.75, 3.05) is 0 Å². The van der Waals surface area contributed by atoms with Crippen molar-refractivity contribution in [1.29, 1.82) is 0 Å². The first-order chi connectivity index (χ1) is 6.66. The van der Waals surface area contributed by atoms with E-state index >= 15 is 0 Å². The molecule has 1 N–H and O–H groups in total. The summed E-state index contributed by atoms with van der Waals surface area (Å²) in [6.07, 6.45) is 1.32. The lowest BCUT2D eigenvalue weighted by Gasteiger charge is -1.94. The van der Waals surface area contributed by atoms with Crippen LogP contribution in [-0.2, 0) is 7.05 Å². The number of rotatable bonds is 0. The Morgan fingerprint density at radius 2 is 1.93 bits per heavy atom. The summed E-state index contributed by atoms with van der Waals surface area (Å²) >= 11 is 0. The van der Waals surface area contributed by atoms with Crippen LogP contribution in [-0.4, -0.2) is 9.55 Å². The monoisotopic (exact) mass is 194 g/mol. The van der Waals surface area contributed by atoms with Crippen molar-refractivity contribution in [2.45, 2.75) is 20.8 Å². The molecule has 0 aliphatic carbocycles. The van der Waals surface area contributed by atoms with E-state index in [1.54, 1.807) is 6.92 Å². The van der Waals surface area contributed by atoms with Crippen LogP contribution < -0.4 is 11.2 Å². The van der Waals surface area contributed by atoms with Gasteiger partial charge in [0.05, 0.1) is 0 Å². The molecule has 0 saturated heterocycles. The molecule has 1 aromatic rings. The number of nitrogens with zero attached hydrogens (tertiary/aromatic N) is 1. The molecule has 0 saturated carbocycles. The van der Waals surface area contributed by atoms with Crippen LogP contribution in [0.1, 0.15) is 26.3 Å². The van der Waals surface area contributed by atoms with E-state index in [-0.39, 0.29) is 5.56 Å². The Kier molecular flexibility index (Phi) is 5.08. The fourth-order valence-electron chi connectivity index (χ4n) is 0.790. The summed E-state index contributed by atoms with van der Waals surface area (Å²) in [5.74, 6) is 5.18. The first-order valence-electron chi connectivity index (χ1n) is 4.38.